The molecule has 1 aromatic carbocycles. The molecule has 1 heterocycles. The van der Waals surface area contributed by atoms with Gasteiger partial charge in [-0.05, 0) is 38.3 Å². The summed E-state index contributed by atoms with van der Waals surface area (Å²) in [6, 6.07) is 6.80. The van der Waals surface area contributed by atoms with Crippen molar-refractivity contribution in [3.8, 4) is 6.07 Å². The van der Waals surface area contributed by atoms with Gasteiger partial charge in [0.1, 0.15) is 5.69 Å². The molecule has 0 aliphatic carbocycles. The Bertz CT molecular complexity index is 553. The number of hydrogen-bond acceptors (Lipinski definition) is 5. The fraction of sp³-hybridized carbons (Fsp3) is 0.500. The van der Waals surface area contributed by atoms with Gasteiger partial charge in [-0.25, -0.2) is 0 Å². The molecule has 2 N–H and O–H groups in total. The number of nitro groups is 1. The maximum atomic E-state index is 11.2. The Balaban J connectivity index is 2.52. The zero-order valence-corrected chi connectivity index (χ0v) is 11.5. The first-order valence-corrected chi connectivity index (χ1v) is 6.75. The molecule has 2 rings (SSSR count). The van der Waals surface area contributed by atoms with Gasteiger partial charge in [0.2, 0.25) is 0 Å². The zero-order valence-electron chi connectivity index (χ0n) is 11.5. The number of nitrogens with two attached hydrogens (primary N) is 1. The molecular weight excluding hydrogens is 256 g/mol. The Morgan fingerprint density at radius 3 is 2.90 bits per heavy atom. The van der Waals surface area contributed by atoms with Crippen molar-refractivity contribution in [2.24, 2.45) is 5.73 Å². The van der Waals surface area contributed by atoms with Crippen LogP contribution in [0.15, 0.2) is 18.2 Å². The van der Waals surface area contributed by atoms with E-state index in [9.17, 15) is 10.1 Å². The second-order valence-electron chi connectivity index (χ2n) is 5.15. The highest BCUT2D eigenvalue weighted by Gasteiger charge is 2.31. The van der Waals surface area contributed by atoms with Crippen LogP contribution in [0.2, 0.25) is 0 Å². The summed E-state index contributed by atoms with van der Waals surface area (Å²) in [5, 5.41) is 20.2. The van der Waals surface area contributed by atoms with E-state index in [-0.39, 0.29) is 17.8 Å². The van der Waals surface area contributed by atoms with Crippen LogP contribution in [0.3, 0.4) is 0 Å². The standard InChI is InChI=1S/C14H18N4O2/c1-10-3-2-4-12(9-16)17(10)14-7-11(8-15)5-6-13(14)18(19)20/h5-7,10,12H,2-4,9,16H2,1H3. The SMILES string of the molecule is CC1CCCC(CN)N1c1cc(C#N)ccc1[N+](=O)[O-]. The summed E-state index contributed by atoms with van der Waals surface area (Å²) in [5.74, 6) is 0. The Labute approximate surface area is 117 Å². The molecule has 0 radical (unpaired) electrons. The molecule has 2 atom stereocenters. The van der Waals surface area contributed by atoms with Crippen molar-refractivity contribution in [2.45, 2.75) is 38.3 Å². The zero-order chi connectivity index (χ0) is 14.7. The molecular formula is C14H18N4O2. The number of benzene rings is 1. The summed E-state index contributed by atoms with van der Waals surface area (Å²) in [5.41, 5.74) is 6.79. The van der Waals surface area contributed by atoms with E-state index in [4.69, 9.17) is 11.0 Å². The Morgan fingerprint density at radius 1 is 1.55 bits per heavy atom. The average Bonchev–Trinajstić information content (AvgIpc) is 2.46. The van der Waals surface area contributed by atoms with Gasteiger partial charge in [-0.15, -0.1) is 0 Å². The van der Waals surface area contributed by atoms with Crippen molar-refractivity contribution in [2.75, 3.05) is 11.4 Å². The molecule has 0 saturated carbocycles. The molecule has 0 aromatic heterocycles. The largest absolute Gasteiger partial charge is 0.359 e. The van der Waals surface area contributed by atoms with E-state index in [0.29, 0.717) is 17.8 Å². The Morgan fingerprint density at radius 2 is 2.30 bits per heavy atom. The normalized spacial score (nSPS) is 22.4. The minimum atomic E-state index is -0.397. The summed E-state index contributed by atoms with van der Waals surface area (Å²) in [6.45, 7) is 2.50. The molecule has 6 heteroatoms. The van der Waals surface area contributed by atoms with Crippen molar-refractivity contribution < 1.29 is 4.92 Å². The summed E-state index contributed by atoms with van der Waals surface area (Å²) in [7, 11) is 0. The molecule has 2 unspecified atom stereocenters. The molecule has 1 aliphatic rings. The molecule has 1 saturated heterocycles. The van der Waals surface area contributed by atoms with Crippen LogP contribution in [0.5, 0.6) is 0 Å². The first-order valence-electron chi connectivity index (χ1n) is 6.75. The van der Waals surface area contributed by atoms with E-state index >= 15 is 0 Å². The lowest BCUT2D eigenvalue weighted by Gasteiger charge is -2.41. The lowest BCUT2D eigenvalue weighted by atomic mass is 9.95. The maximum absolute atomic E-state index is 11.2. The molecule has 1 fully saturated rings. The van der Waals surface area contributed by atoms with Crippen LogP contribution in [-0.4, -0.2) is 23.6 Å². The lowest BCUT2D eigenvalue weighted by molar-refractivity contribution is -0.384. The highest BCUT2D eigenvalue weighted by atomic mass is 16.6. The maximum Gasteiger partial charge on any atom is 0.292 e. The summed E-state index contributed by atoms with van der Waals surface area (Å²) in [4.78, 5) is 12.8. The third-order valence-corrected chi connectivity index (χ3v) is 3.88. The molecule has 1 aromatic rings. The van der Waals surface area contributed by atoms with Gasteiger partial charge in [-0.3, -0.25) is 10.1 Å². The van der Waals surface area contributed by atoms with Crippen LogP contribution >= 0.6 is 0 Å². The first kappa shape index (κ1) is 14.3. The summed E-state index contributed by atoms with van der Waals surface area (Å²) in [6.07, 6.45) is 2.98. The van der Waals surface area contributed by atoms with Crippen molar-refractivity contribution in [1.82, 2.24) is 0 Å². The molecule has 20 heavy (non-hydrogen) atoms. The second kappa shape index (κ2) is 5.88. The van der Waals surface area contributed by atoms with Crippen LogP contribution in [-0.2, 0) is 0 Å². The topological polar surface area (TPSA) is 96.2 Å². The first-order chi connectivity index (χ1) is 9.58. The van der Waals surface area contributed by atoms with Crippen molar-refractivity contribution in [3.63, 3.8) is 0 Å². The van der Waals surface area contributed by atoms with Crippen molar-refractivity contribution in [3.05, 3.63) is 33.9 Å². The third kappa shape index (κ3) is 2.58. The number of hydrogen-bond donors (Lipinski definition) is 1. The summed E-state index contributed by atoms with van der Waals surface area (Å²) >= 11 is 0. The molecule has 0 amide bonds. The number of nitrogens with zero attached hydrogens (tertiary/aromatic N) is 3. The average molecular weight is 274 g/mol. The predicted octanol–water partition coefficient (Wildman–Crippen LogP) is 2.17. The van der Waals surface area contributed by atoms with Crippen LogP contribution in [0, 0.1) is 21.4 Å². The molecule has 6 nitrogen and oxygen atoms in total. The van der Waals surface area contributed by atoms with E-state index in [1.165, 1.54) is 12.1 Å². The molecule has 106 valence electrons. The van der Waals surface area contributed by atoms with Crippen molar-refractivity contribution in [1.29, 1.82) is 5.26 Å². The van der Waals surface area contributed by atoms with E-state index < -0.39 is 4.92 Å². The second-order valence-corrected chi connectivity index (χ2v) is 5.15. The van der Waals surface area contributed by atoms with Crippen LogP contribution in [0.25, 0.3) is 0 Å². The van der Waals surface area contributed by atoms with Gasteiger partial charge in [0.15, 0.2) is 0 Å². The minimum absolute atomic E-state index is 0.0381. The van der Waals surface area contributed by atoms with Gasteiger partial charge in [-0.1, -0.05) is 0 Å². The molecule has 0 bridgehead atoms. The van der Waals surface area contributed by atoms with Gasteiger partial charge < -0.3 is 10.6 Å². The number of nitro benzene ring substituents is 1. The van der Waals surface area contributed by atoms with Gasteiger partial charge in [0.25, 0.3) is 5.69 Å². The molecule has 0 spiro atoms. The van der Waals surface area contributed by atoms with Gasteiger partial charge in [0, 0.05) is 24.7 Å². The minimum Gasteiger partial charge on any atom is -0.359 e. The van der Waals surface area contributed by atoms with Gasteiger partial charge in [0.05, 0.1) is 16.6 Å². The smallest absolute Gasteiger partial charge is 0.292 e. The highest BCUT2D eigenvalue weighted by molar-refractivity contribution is 5.67. The van der Waals surface area contributed by atoms with E-state index in [1.54, 1.807) is 6.07 Å². The number of rotatable bonds is 3. The quantitative estimate of drug-likeness (QED) is 0.673. The fourth-order valence-electron chi connectivity index (χ4n) is 2.91. The molecule has 1 aliphatic heterocycles. The van der Waals surface area contributed by atoms with E-state index in [1.807, 2.05) is 17.9 Å². The Kier molecular flexibility index (Phi) is 4.20. The van der Waals surface area contributed by atoms with Crippen LogP contribution in [0.4, 0.5) is 11.4 Å². The predicted molar refractivity (Wildman–Crippen MR) is 76.4 cm³/mol. The van der Waals surface area contributed by atoms with Crippen LogP contribution < -0.4 is 10.6 Å². The monoisotopic (exact) mass is 274 g/mol. The van der Waals surface area contributed by atoms with Crippen LogP contribution in [0.1, 0.15) is 31.7 Å². The summed E-state index contributed by atoms with van der Waals surface area (Å²) < 4.78 is 0. The fourth-order valence-corrected chi connectivity index (χ4v) is 2.91. The lowest BCUT2D eigenvalue weighted by Crippen LogP contribution is -2.49. The Hall–Kier alpha value is -2.13. The van der Waals surface area contributed by atoms with E-state index in [2.05, 4.69) is 0 Å². The number of anilines is 1. The van der Waals surface area contributed by atoms with Crippen molar-refractivity contribution >= 4 is 11.4 Å². The highest BCUT2D eigenvalue weighted by Crippen LogP contribution is 2.36. The number of nitriles is 1. The number of piperidine rings is 1. The third-order valence-electron chi connectivity index (χ3n) is 3.88. The van der Waals surface area contributed by atoms with E-state index in [0.717, 1.165) is 19.3 Å². The van der Waals surface area contributed by atoms with Gasteiger partial charge in [-0.2, -0.15) is 5.26 Å². The van der Waals surface area contributed by atoms with Gasteiger partial charge >= 0.3 is 0 Å².